The molecule has 0 saturated carbocycles. The molecule has 0 atom stereocenters. The number of carbonyl (C=O) groups is 1. The lowest BCUT2D eigenvalue weighted by molar-refractivity contribution is -0.116. The van der Waals surface area contributed by atoms with Crippen LogP contribution in [-0.2, 0) is 11.3 Å². The van der Waals surface area contributed by atoms with Crippen LogP contribution in [0.25, 0.3) is 0 Å². The zero-order valence-corrected chi connectivity index (χ0v) is 17.1. The van der Waals surface area contributed by atoms with Gasteiger partial charge in [-0.2, -0.15) is 0 Å². The Kier molecular flexibility index (Phi) is 13.0. The van der Waals surface area contributed by atoms with Crippen LogP contribution < -0.4 is 10.6 Å². The quantitative estimate of drug-likeness (QED) is 0.703. The number of nitrogens with one attached hydrogen (secondary N) is 2. The molecule has 1 aromatic rings. The maximum absolute atomic E-state index is 12.2. The molecular weight excluding hydrogens is 357 g/mol. The summed E-state index contributed by atoms with van der Waals surface area (Å²) in [6.07, 6.45) is 4.04. The van der Waals surface area contributed by atoms with Crippen LogP contribution >= 0.6 is 24.8 Å². The smallest absolute Gasteiger partial charge is 0.224 e. The molecule has 0 spiro atoms. The Bertz CT molecular complexity index is 489. The number of nitrogens with zero attached hydrogens (tertiary/aromatic N) is 1. The second-order valence-corrected chi connectivity index (χ2v) is 6.44. The largest absolute Gasteiger partial charge is 0.326 e. The summed E-state index contributed by atoms with van der Waals surface area (Å²) in [6, 6.07) is 8.24. The Morgan fingerprint density at radius 1 is 1.20 bits per heavy atom. The van der Waals surface area contributed by atoms with Gasteiger partial charge in [0.05, 0.1) is 0 Å². The fourth-order valence-corrected chi connectivity index (χ4v) is 3.18. The summed E-state index contributed by atoms with van der Waals surface area (Å²) in [5.41, 5.74) is 2.18. The van der Waals surface area contributed by atoms with E-state index in [0.29, 0.717) is 12.3 Å². The minimum atomic E-state index is 0. The normalized spacial score (nSPS) is 14.5. The molecule has 2 N–H and O–H groups in total. The van der Waals surface area contributed by atoms with Gasteiger partial charge in [0.15, 0.2) is 0 Å². The number of rotatable bonds is 8. The van der Waals surface area contributed by atoms with E-state index in [-0.39, 0.29) is 30.7 Å². The van der Waals surface area contributed by atoms with Crippen LogP contribution in [0.2, 0.25) is 0 Å². The Balaban J connectivity index is 0.00000288. The van der Waals surface area contributed by atoms with E-state index >= 15 is 0 Å². The molecule has 25 heavy (non-hydrogen) atoms. The molecule has 0 bridgehead atoms. The van der Waals surface area contributed by atoms with Gasteiger partial charge in [0.25, 0.3) is 0 Å². The van der Waals surface area contributed by atoms with Crippen molar-refractivity contribution in [2.24, 2.45) is 5.92 Å². The Morgan fingerprint density at radius 2 is 1.88 bits per heavy atom. The molecule has 1 saturated heterocycles. The van der Waals surface area contributed by atoms with Gasteiger partial charge in [-0.3, -0.25) is 9.69 Å². The maximum Gasteiger partial charge on any atom is 0.224 e. The van der Waals surface area contributed by atoms with E-state index in [1.54, 1.807) is 0 Å². The van der Waals surface area contributed by atoms with E-state index in [2.05, 4.69) is 41.5 Å². The van der Waals surface area contributed by atoms with Gasteiger partial charge in [-0.15, -0.1) is 24.8 Å². The highest BCUT2D eigenvalue weighted by Gasteiger charge is 2.14. The molecule has 4 nitrogen and oxygen atoms in total. The highest BCUT2D eigenvalue weighted by molar-refractivity contribution is 5.90. The first-order valence-corrected chi connectivity index (χ1v) is 9.03. The second-order valence-electron chi connectivity index (χ2n) is 6.44. The third-order valence-electron chi connectivity index (χ3n) is 4.75. The van der Waals surface area contributed by atoms with E-state index in [9.17, 15) is 4.79 Å². The average Bonchev–Trinajstić information content (AvgIpc) is 2.59. The summed E-state index contributed by atoms with van der Waals surface area (Å²) in [7, 11) is 0. The molecule has 1 amide bonds. The van der Waals surface area contributed by atoms with Gasteiger partial charge in [0.2, 0.25) is 5.91 Å². The first-order valence-electron chi connectivity index (χ1n) is 9.03. The number of hydrogen-bond acceptors (Lipinski definition) is 3. The fraction of sp³-hybridized carbons (Fsp3) is 0.632. The first kappa shape index (κ1) is 24.2. The molecule has 1 heterocycles. The van der Waals surface area contributed by atoms with Gasteiger partial charge in [-0.05, 0) is 69.1 Å². The topological polar surface area (TPSA) is 44.4 Å². The molecule has 1 aliphatic heterocycles. The molecule has 0 aliphatic carbocycles. The number of amides is 1. The minimum absolute atomic E-state index is 0. The van der Waals surface area contributed by atoms with E-state index in [4.69, 9.17) is 0 Å². The van der Waals surface area contributed by atoms with Gasteiger partial charge in [0, 0.05) is 18.7 Å². The molecule has 0 radical (unpaired) electrons. The van der Waals surface area contributed by atoms with Crippen LogP contribution in [0.4, 0.5) is 5.69 Å². The van der Waals surface area contributed by atoms with Crippen molar-refractivity contribution in [1.82, 2.24) is 10.2 Å². The van der Waals surface area contributed by atoms with Crippen LogP contribution in [0, 0.1) is 5.92 Å². The predicted molar refractivity (Wildman–Crippen MR) is 111 cm³/mol. The van der Waals surface area contributed by atoms with Crippen molar-refractivity contribution in [2.45, 2.75) is 46.1 Å². The number of hydrogen-bond donors (Lipinski definition) is 2. The fourth-order valence-electron chi connectivity index (χ4n) is 3.18. The number of carbonyl (C=O) groups excluding carboxylic acids is 1. The molecule has 144 valence electrons. The summed E-state index contributed by atoms with van der Waals surface area (Å²) in [5.74, 6) is 0.847. The van der Waals surface area contributed by atoms with Gasteiger partial charge in [-0.25, -0.2) is 0 Å². The second kappa shape index (κ2) is 13.4. The molecule has 1 aliphatic rings. The summed E-state index contributed by atoms with van der Waals surface area (Å²) in [4.78, 5) is 14.5. The summed E-state index contributed by atoms with van der Waals surface area (Å²) in [6.45, 7) is 9.57. The lowest BCUT2D eigenvalue weighted by Gasteiger charge is -2.22. The third kappa shape index (κ3) is 8.91. The van der Waals surface area contributed by atoms with Crippen molar-refractivity contribution < 1.29 is 4.79 Å². The number of anilines is 1. The maximum atomic E-state index is 12.2. The Morgan fingerprint density at radius 3 is 2.52 bits per heavy atom. The van der Waals surface area contributed by atoms with Crippen molar-refractivity contribution in [3.63, 3.8) is 0 Å². The summed E-state index contributed by atoms with van der Waals surface area (Å²) < 4.78 is 0. The zero-order valence-electron chi connectivity index (χ0n) is 15.4. The standard InChI is InChI=1S/C19H31N3O.2ClH/c1-3-22(4-2)15-17-6-5-7-18(14-17)21-19(23)9-8-16-10-12-20-13-11-16;;/h5-7,14,16,20H,3-4,8-13,15H2,1-2H3,(H,21,23);2*1H. The monoisotopic (exact) mass is 389 g/mol. The lowest BCUT2D eigenvalue weighted by atomic mass is 9.93. The van der Waals surface area contributed by atoms with E-state index in [0.717, 1.165) is 44.8 Å². The molecule has 0 unspecified atom stereocenters. The zero-order chi connectivity index (χ0) is 16.5. The van der Waals surface area contributed by atoms with Crippen LogP contribution in [0.5, 0.6) is 0 Å². The van der Waals surface area contributed by atoms with Crippen LogP contribution in [0.15, 0.2) is 24.3 Å². The van der Waals surface area contributed by atoms with E-state index in [1.165, 1.54) is 18.4 Å². The van der Waals surface area contributed by atoms with Gasteiger partial charge in [0.1, 0.15) is 0 Å². The lowest BCUT2D eigenvalue weighted by Crippen LogP contribution is -2.28. The van der Waals surface area contributed by atoms with Crippen LogP contribution in [0.1, 0.15) is 45.1 Å². The van der Waals surface area contributed by atoms with Gasteiger partial charge in [-0.1, -0.05) is 26.0 Å². The van der Waals surface area contributed by atoms with Gasteiger partial charge < -0.3 is 10.6 Å². The van der Waals surface area contributed by atoms with Crippen LogP contribution in [0.3, 0.4) is 0 Å². The first-order chi connectivity index (χ1) is 11.2. The Labute approximate surface area is 164 Å². The Hall–Kier alpha value is -0.810. The van der Waals surface area contributed by atoms with Crippen molar-refractivity contribution >= 4 is 36.4 Å². The average molecular weight is 390 g/mol. The molecule has 0 aromatic heterocycles. The molecular formula is C19H33Cl2N3O. The molecule has 6 heteroatoms. The van der Waals surface area contributed by atoms with E-state index < -0.39 is 0 Å². The number of benzene rings is 1. The van der Waals surface area contributed by atoms with Crippen molar-refractivity contribution in [3.8, 4) is 0 Å². The van der Waals surface area contributed by atoms with Gasteiger partial charge >= 0.3 is 0 Å². The highest BCUT2D eigenvalue weighted by atomic mass is 35.5. The SMILES string of the molecule is CCN(CC)Cc1cccc(NC(=O)CCC2CCNCC2)c1.Cl.Cl. The highest BCUT2D eigenvalue weighted by Crippen LogP contribution is 2.19. The van der Waals surface area contributed by atoms with Crippen molar-refractivity contribution in [3.05, 3.63) is 29.8 Å². The molecule has 2 rings (SSSR count). The van der Waals surface area contributed by atoms with Crippen LogP contribution in [-0.4, -0.2) is 37.0 Å². The van der Waals surface area contributed by atoms with E-state index in [1.807, 2.05) is 12.1 Å². The molecule has 1 aromatic carbocycles. The predicted octanol–water partition coefficient (Wildman–Crippen LogP) is 4.09. The van der Waals surface area contributed by atoms with Crippen molar-refractivity contribution in [1.29, 1.82) is 0 Å². The third-order valence-corrected chi connectivity index (χ3v) is 4.75. The van der Waals surface area contributed by atoms with Crippen molar-refractivity contribution in [2.75, 3.05) is 31.5 Å². The molecule has 1 fully saturated rings. The number of halogens is 2. The number of piperidine rings is 1. The minimum Gasteiger partial charge on any atom is -0.326 e. The summed E-state index contributed by atoms with van der Waals surface area (Å²) >= 11 is 0. The summed E-state index contributed by atoms with van der Waals surface area (Å²) in [5, 5.41) is 6.43.